The molecule has 2 aliphatic rings. The third-order valence-electron chi connectivity index (χ3n) is 4.78. The molecule has 1 atom stereocenters. The summed E-state index contributed by atoms with van der Waals surface area (Å²) in [6, 6.07) is 7.76. The van der Waals surface area contributed by atoms with Gasteiger partial charge in [0.2, 0.25) is 0 Å². The lowest BCUT2D eigenvalue weighted by Gasteiger charge is -2.30. The van der Waals surface area contributed by atoms with Crippen LogP contribution in [0.15, 0.2) is 18.2 Å². The highest BCUT2D eigenvalue weighted by Crippen LogP contribution is 2.20. The fraction of sp³-hybridized carbons (Fsp3) is 0.647. The second-order valence-corrected chi connectivity index (χ2v) is 6.35. The van der Waals surface area contributed by atoms with Gasteiger partial charge in [0, 0.05) is 38.8 Å². The SMILES string of the molecule is CCC1CN(C)CCCN1Cc1ccc2c(c1)CNC2. The Hall–Kier alpha value is -0.900. The second-order valence-electron chi connectivity index (χ2n) is 6.35. The Morgan fingerprint density at radius 2 is 2.05 bits per heavy atom. The van der Waals surface area contributed by atoms with E-state index >= 15 is 0 Å². The van der Waals surface area contributed by atoms with E-state index in [1.165, 1.54) is 49.2 Å². The highest BCUT2D eigenvalue weighted by atomic mass is 15.2. The average molecular weight is 273 g/mol. The van der Waals surface area contributed by atoms with Gasteiger partial charge in [-0.2, -0.15) is 0 Å². The predicted octanol–water partition coefficient (Wildman–Crippen LogP) is 2.21. The summed E-state index contributed by atoms with van der Waals surface area (Å²) in [4.78, 5) is 5.17. The molecular formula is C17H27N3. The van der Waals surface area contributed by atoms with Crippen LogP contribution in [0, 0.1) is 0 Å². The molecule has 110 valence electrons. The van der Waals surface area contributed by atoms with Crippen LogP contribution in [0.4, 0.5) is 0 Å². The Kier molecular flexibility index (Phi) is 4.39. The maximum Gasteiger partial charge on any atom is 0.0237 e. The topological polar surface area (TPSA) is 18.5 Å². The summed E-state index contributed by atoms with van der Waals surface area (Å²) in [7, 11) is 2.26. The third kappa shape index (κ3) is 3.05. The standard InChI is InChI=1S/C17H27N3/c1-3-17-13-19(2)7-4-8-20(17)12-14-5-6-15-10-18-11-16(15)9-14/h5-6,9,17-18H,3-4,7-8,10-13H2,1-2H3. The summed E-state index contributed by atoms with van der Waals surface area (Å²) in [5, 5.41) is 3.43. The number of fused-ring (bicyclic) bond motifs is 1. The quantitative estimate of drug-likeness (QED) is 0.911. The predicted molar refractivity (Wildman–Crippen MR) is 83.6 cm³/mol. The van der Waals surface area contributed by atoms with Gasteiger partial charge in [0.1, 0.15) is 0 Å². The summed E-state index contributed by atoms with van der Waals surface area (Å²) in [5.41, 5.74) is 4.47. The van der Waals surface area contributed by atoms with Gasteiger partial charge in [0.15, 0.2) is 0 Å². The van der Waals surface area contributed by atoms with E-state index in [9.17, 15) is 0 Å². The van der Waals surface area contributed by atoms with E-state index < -0.39 is 0 Å². The molecule has 1 aromatic carbocycles. The molecule has 0 aliphatic carbocycles. The molecular weight excluding hydrogens is 246 g/mol. The Morgan fingerprint density at radius 3 is 2.90 bits per heavy atom. The van der Waals surface area contributed by atoms with Gasteiger partial charge in [-0.05, 0) is 43.1 Å². The Bertz CT molecular complexity index is 458. The molecule has 3 nitrogen and oxygen atoms in total. The van der Waals surface area contributed by atoms with E-state index in [-0.39, 0.29) is 0 Å². The number of nitrogens with one attached hydrogen (secondary N) is 1. The van der Waals surface area contributed by atoms with E-state index in [4.69, 9.17) is 0 Å². The lowest BCUT2D eigenvalue weighted by Crippen LogP contribution is -2.39. The van der Waals surface area contributed by atoms with Gasteiger partial charge in [-0.3, -0.25) is 4.90 Å². The van der Waals surface area contributed by atoms with Crippen molar-refractivity contribution in [1.29, 1.82) is 0 Å². The van der Waals surface area contributed by atoms with Crippen LogP contribution in [-0.4, -0.2) is 42.5 Å². The van der Waals surface area contributed by atoms with Gasteiger partial charge in [-0.25, -0.2) is 0 Å². The lowest BCUT2D eigenvalue weighted by atomic mass is 10.0. The molecule has 1 unspecified atom stereocenters. The zero-order valence-electron chi connectivity index (χ0n) is 12.9. The molecule has 2 aliphatic heterocycles. The van der Waals surface area contributed by atoms with Crippen molar-refractivity contribution in [2.24, 2.45) is 0 Å². The molecule has 0 amide bonds. The molecule has 0 bridgehead atoms. The normalized spacial score (nSPS) is 24.6. The van der Waals surface area contributed by atoms with Crippen molar-refractivity contribution in [3.63, 3.8) is 0 Å². The van der Waals surface area contributed by atoms with Crippen LogP contribution in [0.3, 0.4) is 0 Å². The average Bonchev–Trinajstić information content (AvgIpc) is 2.83. The summed E-state index contributed by atoms with van der Waals surface area (Å²) in [6.07, 6.45) is 2.54. The Balaban J connectivity index is 1.72. The van der Waals surface area contributed by atoms with Gasteiger partial charge < -0.3 is 10.2 Å². The van der Waals surface area contributed by atoms with Crippen molar-refractivity contribution in [2.45, 2.75) is 45.4 Å². The van der Waals surface area contributed by atoms with Gasteiger partial charge in [0.05, 0.1) is 0 Å². The molecule has 0 saturated carbocycles. The number of rotatable bonds is 3. The number of hydrogen-bond donors (Lipinski definition) is 1. The monoisotopic (exact) mass is 273 g/mol. The highest BCUT2D eigenvalue weighted by molar-refractivity contribution is 5.34. The largest absolute Gasteiger partial charge is 0.309 e. The van der Waals surface area contributed by atoms with Crippen molar-refractivity contribution in [1.82, 2.24) is 15.1 Å². The second kappa shape index (κ2) is 6.25. The Labute approximate surface area is 123 Å². The minimum absolute atomic E-state index is 0.703. The maximum atomic E-state index is 3.43. The molecule has 1 saturated heterocycles. The van der Waals surface area contributed by atoms with Gasteiger partial charge in [-0.15, -0.1) is 0 Å². The molecule has 1 fully saturated rings. The molecule has 3 rings (SSSR count). The molecule has 0 radical (unpaired) electrons. The first-order valence-electron chi connectivity index (χ1n) is 8.00. The first kappa shape index (κ1) is 14.1. The van der Waals surface area contributed by atoms with Crippen molar-refractivity contribution in [3.05, 3.63) is 34.9 Å². The molecule has 20 heavy (non-hydrogen) atoms. The van der Waals surface area contributed by atoms with Gasteiger partial charge >= 0.3 is 0 Å². The Morgan fingerprint density at radius 1 is 1.20 bits per heavy atom. The molecule has 2 heterocycles. The smallest absolute Gasteiger partial charge is 0.0237 e. The first-order valence-corrected chi connectivity index (χ1v) is 8.00. The summed E-state index contributed by atoms with van der Waals surface area (Å²) < 4.78 is 0. The first-order chi connectivity index (χ1) is 9.76. The van der Waals surface area contributed by atoms with Crippen molar-refractivity contribution in [2.75, 3.05) is 26.7 Å². The number of likely N-dealkylation sites (N-methyl/N-ethyl adjacent to an activating group) is 1. The van der Waals surface area contributed by atoms with Crippen LogP contribution >= 0.6 is 0 Å². The van der Waals surface area contributed by atoms with E-state index in [2.05, 4.69) is 47.3 Å². The van der Waals surface area contributed by atoms with Gasteiger partial charge in [-0.1, -0.05) is 25.1 Å². The minimum atomic E-state index is 0.703. The molecule has 0 spiro atoms. The van der Waals surface area contributed by atoms with Crippen LogP contribution in [0.1, 0.15) is 36.5 Å². The minimum Gasteiger partial charge on any atom is -0.309 e. The lowest BCUT2D eigenvalue weighted by molar-refractivity contribution is 0.176. The summed E-state index contributed by atoms with van der Waals surface area (Å²) in [5.74, 6) is 0. The third-order valence-corrected chi connectivity index (χ3v) is 4.78. The summed E-state index contributed by atoms with van der Waals surface area (Å²) in [6.45, 7) is 9.20. The van der Waals surface area contributed by atoms with E-state index in [1.54, 1.807) is 0 Å². The van der Waals surface area contributed by atoms with Crippen molar-refractivity contribution >= 4 is 0 Å². The van der Waals surface area contributed by atoms with Gasteiger partial charge in [0.25, 0.3) is 0 Å². The van der Waals surface area contributed by atoms with Crippen LogP contribution < -0.4 is 5.32 Å². The van der Waals surface area contributed by atoms with Crippen molar-refractivity contribution in [3.8, 4) is 0 Å². The fourth-order valence-corrected chi connectivity index (χ4v) is 3.57. The van der Waals surface area contributed by atoms with E-state index in [0.29, 0.717) is 6.04 Å². The molecule has 0 aromatic heterocycles. The van der Waals surface area contributed by atoms with Crippen LogP contribution in [0.2, 0.25) is 0 Å². The van der Waals surface area contributed by atoms with Crippen molar-refractivity contribution < 1.29 is 0 Å². The maximum absolute atomic E-state index is 3.43. The zero-order valence-corrected chi connectivity index (χ0v) is 12.9. The van der Waals surface area contributed by atoms with Crippen LogP contribution in [0.5, 0.6) is 0 Å². The molecule has 1 aromatic rings. The number of benzene rings is 1. The number of nitrogens with zero attached hydrogens (tertiary/aromatic N) is 2. The number of hydrogen-bond acceptors (Lipinski definition) is 3. The van der Waals surface area contributed by atoms with Crippen LogP contribution in [0.25, 0.3) is 0 Å². The van der Waals surface area contributed by atoms with Crippen LogP contribution in [-0.2, 0) is 19.6 Å². The van der Waals surface area contributed by atoms with E-state index in [1.807, 2.05) is 0 Å². The van der Waals surface area contributed by atoms with E-state index in [0.717, 1.165) is 19.6 Å². The molecule has 3 heteroatoms. The fourth-order valence-electron chi connectivity index (χ4n) is 3.57. The zero-order chi connectivity index (χ0) is 13.9. The molecule has 1 N–H and O–H groups in total. The highest BCUT2D eigenvalue weighted by Gasteiger charge is 2.22. The summed E-state index contributed by atoms with van der Waals surface area (Å²) >= 11 is 0.